The molecule has 0 saturated heterocycles. The molecule has 0 spiro atoms. The van der Waals surface area contributed by atoms with E-state index in [9.17, 15) is 0 Å². The molecule has 7 aromatic carbocycles. The maximum absolute atomic E-state index is 2.52. The van der Waals surface area contributed by atoms with Gasteiger partial charge in [-0.1, -0.05) is 78.9 Å². The number of hydrogen-bond donors (Lipinski definition) is 0. The summed E-state index contributed by atoms with van der Waals surface area (Å²) in [6.45, 7) is 0. The molecule has 0 atom stereocenters. The summed E-state index contributed by atoms with van der Waals surface area (Å²) in [6.07, 6.45) is 4.17. The lowest BCUT2D eigenvalue weighted by molar-refractivity contribution is 1.16. The van der Waals surface area contributed by atoms with E-state index < -0.39 is 0 Å². The van der Waals surface area contributed by atoms with Crippen molar-refractivity contribution in [3.05, 3.63) is 154 Å². The van der Waals surface area contributed by atoms with Crippen LogP contribution in [0.25, 0.3) is 66.1 Å². The third kappa shape index (κ3) is 2.69. The summed E-state index contributed by atoms with van der Waals surface area (Å²) in [5.74, 6) is 0. The zero-order chi connectivity index (χ0) is 27.1. The number of benzene rings is 7. The van der Waals surface area contributed by atoms with Crippen LogP contribution in [0.4, 0.5) is 0 Å². The van der Waals surface area contributed by atoms with Crippen LogP contribution >= 0.6 is 0 Å². The second-order valence-corrected chi connectivity index (χ2v) is 12.8. The average molecular weight is 531 g/mol. The monoisotopic (exact) mass is 530 g/mol. The Labute approximate surface area is 244 Å². The molecule has 4 aliphatic carbocycles. The first-order valence-electron chi connectivity index (χ1n) is 15.3. The van der Waals surface area contributed by atoms with E-state index in [2.05, 4.69) is 109 Å². The second kappa shape index (κ2) is 7.46. The molecule has 0 aliphatic heterocycles. The van der Waals surface area contributed by atoms with Crippen molar-refractivity contribution < 1.29 is 0 Å². The lowest BCUT2D eigenvalue weighted by Crippen LogP contribution is -1.91. The van der Waals surface area contributed by atoms with Crippen LogP contribution in [0, 0.1) is 0 Å². The highest BCUT2D eigenvalue weighted by atomic mass is 14.4. The van der Waals surface area contributed by atoms with Crippen molar-refractivity contribution in [2.75, 3.05) is 0 Å². The topological polar surface area (TPSA) is 0 Å². The van der Waals surface area contributed by atoms with Gasteiger partial charge in [0.05, 0.1) is 0 Å². The molecule has 0 heterocycles. The summed E-state index contributed by atoms with van der Waals surface area (Å²) in [5.41, 5.74) is 23.7. The van der Waals surface area contributed by atoms with Gasteiger partial charge in [0.1, 0.15) is 0 Å². The third-order valence-electron chi connectivity index (χ3n) is 10.7. The van der Waals surface area contributed by atoms with Gasteiger partial charge >= 0.3 is 0 Å². The standard InChI is InChI=1S/C42H26/c1-2-7-25-15-38-26(13-24(25)6-1)14-27-16-35-30(19-39(27)38)22-42-33(35)11-12-34-37-17-28-20-40-31-8-4-3-5-23(31)9-10-32(40)36(28)18-29(37)21-41(34)42/h1-13,15-19H,14,20-22H2. The molecule has 0 N–H and O–H groups in total. The van der Waals surface area contributed by atoms with Gasteiger partial charge in [-0.15, -0.1) is 0 Å². The zero-order valence-electron chi connectivity index (χ0n) is 23.2. The van der Waals surface area contributed by atoms with Gasteiger partial charge in [0, 0.05) is 0 Å². The van der Waals surface area contributed by atoms with Crippen LogP contribution in [0.5, 0.6) is 0 Å². The first-order chi connectivity index (χ1) is 20.8. The Bertz CT molecular complexity index is 2380. The molecule has 194 valence electrons. The Balaban J connectivity index is 1.000. The molecular weight excluding hydrogens is 504 g/mol. The van der Waals surface area contributed by atoms with Gasteiger partial charge < -0.3 is 0 Å². The number of rotatable bonds is 0. The highest BCUT2D eigenvalue weighted by molar-refractivity contribution is 5.98. The predicted molar refractivity (Wildman–Crippen MR) is 174 cm³/mol. The van der Waals surface area contributed by atoms with Gasteiger partial charge in [-0.2, -0.15) is 0 Å². The molecule has 42 heavy (non-hydrogen) atoms. The van der Waals surface area contributed by atoms with Gasteiger partial charge in [-0.25, -0.2) is 0 Å². The summed E-state index contributed by atoms with van der Waals surface area (Å²) in [7, 11) is 0. The first kappa shape index (κ1) is 21.8. The van der Waals surface area contributed by atoms with Crippen molar-refractivity contribution in [1.82, 2.24) is 0 Å². The van der Waals surface area contributed by atoms with E-state index >= 15 is 0 Å². The van der Waals surface area contributed by atoms with Crippen molar-refractivity contribution in [2.45, 2.75) is 25.7 Å². The molecule has 0 saturated carbocycles. The van der Waals surface area contributed by atoms with E-state index in [4.69, 9.17) is 0 Å². The number of fused-ring (bicyclic) bond motifs is 16. The minimum Gasteiger partial charge on any atom is -0.0616 e. The fourth-order valence-corrected chi connectivity index (χ4v) is 8.81. The molecule has 0 radical (unpaired) electrons. The lowest BCUT2D eigenvalue weighted by atomic mass is 9.95. The van der Waals surface area contributed by atoms with Crippen molar-refractivity contribution in [3.8, 4) is 44.5 Å². The molecule has 0 amide bonds. The SMILES string of the molecule is c1ccc2cc3c(cc2c1)Cc1cc2c(cc1-3)Cc1c-2ccc2c1Cc1cc3c(cc1-2)Cc1c-3ccc2ccccc12. The minimum atomic E-state index is 1.04. The molecule has 7 aromatic rings. The molecule has 11 rings (SSSR count). The van der Waals surface area contributed by atoms with Crippen LogP contribution in [-0.2, 0) is 25.7 Å². The van der Waals surface area contributed by atoms with Crippen LogP contribution in [0.1, 0.15) is 44.5 Å². The van der Waals surface area contributed by atoms with Crippen molar-refractivity contribution in [3.63, 3.8) is 0 Å². The fourth-order valence-electron chi connectivity index (χ4n) is 8.81. The maximum Gasteiger partial charge on any atom is -0.000706 e. The smallest absolute Gasteiger partial charge is 0.000706 e. The molecule has 0 unspecified atom stereocenters. The normalized spacial score (nSPS) is 14.3. The van der Waals surface area contributed by atoms with E-state index in [-0.39, 0.29) is 0 Å². The Morgan fingerprint density at radius 1 is 0.286 bits per heavy atom. The molecule has 0 fully saturated rings. The average Bonchev–Trinajstić information content (AvgIpc) is 3.77. The first-order valence-corrected chi connectivity index (χ1v) is 15.3. The summed E-state index contributed by atoms with van der Waals surface area (Å²) in [4.78, 5) is 0. The molecule has 0 bridgehead atoms. The van der Waals surface area contributed by atoms with Crippen molar-refractivity contribution in [1.29, 1.82) is 0 Å². The van der Waals surface area contributed by atoms with Gasteiger partial charge in [0.25, 0.3) is 0 Å². The highest BCUT2D eigenvalue weighted by Gasteiger charge is 2.32. The van der Waals surface area contributed by atoms with Crippen molar-refractivity contribution in [2.24, 2.45) is 0 Å². The highest BCUT2D eigenvalue weighted by Crippen LogP contribution is 2.51. The van der Waals surface area contributed by atoms with E-state index in [1.165, 1.54) is 99.4 Å². The third-order valence-corrected chi connectivity index (χ3v) is 10.7. The maximum atomic E-state index is 2.52. The summed E-state index contributed by atoms with van der Waals surface area (Å²) in [5, 5.41) is 5.44. The van der Waals surface area contributed by atoms with Crippen LogP contribution < -0.4 is 0 Å². The Hall–Kier alpha value is -4.94. The van der Waals surface area contributed by atoms with Gasteiger partial charge in [0.15, 0.2) is 0 Å². The zero-order valence-corrected chi connectivity index (χ0v) is 23.2. The largest absolute Gasteiger partial charge is 0.0616 e. The molecule has 0 nitrogen and oxygen atoms in total. The fraction of sp³-hybridized carbons (Fsp3) is 0.0952. The molecule has 0 aromatic heterocycles. The summed E-state index contributed by atoms with van der Waals surface area (Å²) in [6, 6.07) is 42.0. The Morgan fingerprint density at radius 2 is 0.714 bits per heavy atom. The molecule has 4 aliphatic rings. The summed E-state index contributed by atoms with van der Waals surface area (Å²) >= 11 is 0. The van der Waals surface area contributed by atoms with Crippen LogP contribution in [0.15, 0.2) is 109 Å². The van der Waals surface area contributed by atoms with Crippen LogP contribution in [0.2, 0.25) is 0 Å². The lowest BCUT2D eigenvalue weighted by Gasteiger charge is -2.09. The van der Waals surface area contributed by atoms with Crippen LogP contribution in [-0.4, -0.2) is 0 Å². The molecular formula is C42H26. The summed E-state index contributed by atoms with van der Waals surface area (Å²) < 4.78 is 0. The quantitative estimate of drug-likeness (QED) is 0.183. The molecule has 0 heteroatoms. The Kier molecular flexibility index (Phi) is 3.87. The predicted octanol–water partition coefficient (Wildman–Crippen LogP) is 10.3. The van der Waals surface area contributed by atoms with Gasteiger partial charge in [-0.05, 0) is 167 Å². The van der Waals surface area contributed by atoms with Crippen molar-refractivity contribution >= 4 is 21.5 Å². The number of hydrogen-bond acceptors (Lipinski definition) is 0. The van der Waals surface area contributed by atoms with Gasteiger partial charge in [0.2, 0.25) is 0 Å². The Morgan fingerprint density at radius 3 is 1.38 bits per heavy atom. The van der Waals surface area contributed by atoms with E-state index in [0.29, 0.717) is 0 Å². The second-order valence-electron chi connectivity index (χ2n) is 12.8. The van der Waals surface area contributed by atoms with Gasteiger partial charge in [-0.3, -0.25) is 0 Å². The van der Waals surface area contributed by atoms with E-state index in [1.54, 1.807) is 11.1 Å². The van der Waals surface area contributed by atoms with E-state index in [0.717, 1.165) is 25.7 Å². The van der Waals surface area contributed by atoms with Crippen LogP contribution in [0.3, 0.4) is 0 Å². The van der Waals surface area contributed by atoms with E-state index in [1.807, 2.05) is 0 Å². The minimum absolute atomic E-state index is 1.04.